The van der Waals surface area contributed by atoms with E-state index in [1.165, 1.54) is 0 Å². The minimum absolute atomic E-state index is 0.162. The Morgan fingerprint density at radius 3 is 2.90 bits per heavy atom. The molecule has 2 heterocycles. The Bertz CT molecular complexity index is 1160. The summed E-state index contributed by atoms with van der Waals surface area (Å²) in [7, 11) is -3.78. The van der Waals surface area contributed by atoms with Crippen LogP contribution in [0.4, 0.5) is 11.4 Å². The second-order valence-electron chi connectivity index (χ2n) is 6.40. The molecule has 0 saturated carbocycles. The quantitative estimate of drug-likeness (QED) is 0.550. The zero-order valence-corrected chi connectivity index (χ0v) is 16.6. The summed E-state index contributed by atoms with van der Waals surface area (Å²) >= 11 is 0. The Kier molecular flexibility index (Phi) is 5.34. The fraction of sp³-hybridized carbons (Fsp3) is 0.150. The van der Waals surface area contributed by atoms with E-state index < -0.39 is 10.0 Å². The monoisotopic (exact) mass is 411 g/mol. The number of nitrogens with one attached hydrogen (secondary N) is 3. The lowest BCUT2D eigenvalue weighted by Crippen LogP contribution is -2.37. The molecule has 0 bridgehead atoms. The predicted molar refractivity (Wildman–Crippen MR) is 112 cm³/mol. The second-order valence-corrected chi connectivity index (χ2v) is 8.09. The van der Waals surface area contributed by atoms with Gasteiger partial charge in [-0.2, -0.15) is 0 Å². The van der Waals surface area contributed by atoms with Gasteiger partial charge in [-0.25, -0.2) is 8.42 Å². The summed E-state index contributed by atoms with van der Waals surface area (Å²) < 4.78 is 34.1. The number of fused-ring (bicyclic) bond motifs is 1. The van der Waals surface area contributed by atoms with Crippen molar-refractivity contribution in [2.24, 2.45) is 0 Å². The molecule has 3 N–H and O–H groups in total. The van der Waals surface area contributed by atoms with Gasteiger partial charge in [0.15, 0.2) is 0 Å². The van der Waals surface area contributed by atoms with E-state index >= 15 is 0 Å². The van der Waals surface area contributed by atoms with E-state index in [9.17, 15) is 8.42 Å². The van der Waals surface area contributed by atoms with Crippen molar-refractivity contribution in [2.75, 3.05) is 22.9 Å². The lowest BCUT2D eigenvalue weighted by atomic mass is 10.1. The van der Waals surface area contributed by atoms with E-state index in [0.717, 1.165) is 16.5 Å². The number of sulfonamides is 1. The van der Waals surface area contributed by atoms with Gasteiger partial charge in [-0.3, -0.25) is 14.7 Å². The van der Waals surface area contributed by atoms with Crippen LogP contribution < -0.4 is 20.7 Å². The van der Waals surface area contributed by atoms with E-state index in [2.05, 4.69) is 20.7 Å². The molecular weight excluding hydrogens is 390 g/mol. The molecule has 1 aliphatic heterocycles. The molecule has 150 valence electrons. The van der Waals surface area contributed by atoms with Crippen molar-refractivity contribution in [1.29, 1.82) is 0 Å². The fourth-order valence-electron chi connectivity index (χ4n) is 2.99. The van der Waals surface area contributed by atoms with Gasteiger partial charge in [-0.1, -0.05) is 18.2 Å². The Morgan fingerprint density at radius 2 is 2.03 bits per heavy atom. The summed E-state index contributed by atoms with van der Waals surface area (Å²) in [6.07, 6.45) is 5.16. The van der Waals surface area contributed by atoms with Crippen molar-refractivity contribution in [3.8, 4) is 0 Å². The maximum absolute atomic E-state index is 13.0. The normalized spacial score (nSPS) is 14.0. The average Bonchev–Trinajstić information content (AvgIpc) is 3.21. The molecule has 1 aliphatic rings. The number of ether oxygens (including phenoxy) is 1. The second kappa shape index (κ2) is 8.08. The minimum Gasteiger partial charge on any atom is -0.375 e. The first kappa shape index (κ1) is 19.2. The highest BCUT2D eigenvalue weighted by molar-refractivity contribution is 7.92. The van der Waals surface area contributed by atoms with E-state index in [-0.39, 0.29) is 4.90 Å². The number of hydrogen-bond donors (Lipinski definition) is 3. The van der Waals surface area contributed by atoms with Gasteiger partial charge in [0, 0.05) is 36.0 Å². The van der Waals surface area contributed by atoms with Gasteiger partial charge in [0.05, 0.1) is 28.6 Å². The number of hydrazine groups is 2. The fourth-order valence-corrected chi connectivity index (χ4v) is 4.11. The smallest absolute Gasteiger partial charge is 0.261 e. The van der Waals surface area contributed by atoms with Crippen molar-refractivity contribution in [2.45, 2.75) is 11.8 Å². The molecule has 0 amide bonds. The Balaban J connectivity index is 1.60. The number of benzene rings is 2. The van der Waals surface area contributed by atoms with Crippen LogP contribution in [-0.4, -0.2) is 26.6 Å². The van der Waals surface area contributed by atoms with Crippen molar-refractivity contribution in [1.82, 2.24) is 15.9 Å². The highest BCUT2D eigenvalue weighted by atomic mass is 32.2. The number of rotatable bonds is 7. The Hall–Kier alpha value is -3.14. The van der Waals surface area contributed by atoms with Gasteiger partial charge in [-0.15, -0.1) is 5.53 Å². The van der Waals surface area contributed by atoms with Crippen molar-refractivity contribution in [3.63, 3.8) is 0 Å². The van der Waals surface area contributed by atoms with Crippen molar-refractivity contribution < 1.29 is 13.2 Å². The first-order valence-electron chi connectivity index (χ1n) is 9.12. The molecule has 1 aromatic heterocycles. The summed E-state index contributed by atoms with van der Waals surface area (Å²) in [4.78, 5) is 4.24. The van der Waals surface area contributed by atoms with Gasteiger partial charge in [0.25, 0.3) is 10.0 Å². The SMILES string of the molecule is CCOCC1=CN(c2cccc(S(=O)(=O)Nc3cccc4cnccc34)c2)NN1. The van der Waals surface area contributed by atoms with Crippen LogP contribution in [0.5, 0.6) is 0 Å². The molecule has 2 aromatic carbocycles. The summed E-state index contributed by atoms with van der Waals surface area (Å²) in [5, 5.41) is 3.36. The van der Waals surface area contributed by atoms with Crippen LogP contribution in [0.1, 0.15) is 6.92 Å². The van der Waals surface area contributed by atoms with Gasteiger partial charge in [0.2, 0.25) is 0 Å². The molecular formula is C20H21N5O3S. The molecule has 29 heavy (non-hydrogen) atoms. The van der Waals surface area contributed by atoms with E-state index in [0.29, 0.717) is 24.6 Å². The third-order valence-corrected chi connectivity index (χ3v) is 5.78. The molecule has 0 radical (unpaired) electrons. The topological polar surface area (TPSA) is 95.6 Å². The first-order chi connectivity index (χ1) is 14.1. The molecule has 0 spiro atoms. The molecule has 3 aromatic rings. The van der Waals surface area contributed by atoms with E-state index in [1.54, 1.807) is 53.8 Å². The van der Waals surface area contributed by atoms with Gasteiger partial charge in [0.1, 0.15) is 0 Å². The average molecular weight is 411 g/mol. The zero-order chi connectivity index (χ0) is 20.3. The Morgan fingerprint density at radius 1 is 1.17 bits per heavy atom. The molecule has 0 unspecified atom stereocenters. The third-order valence-electron chi connectivity index (χ3n) is 4.41. The number of hydrogen-bond acceptors (Lipinski definition) is 7. The molecule has 0 atom stereocenters. The van der Waals surface area contributed by atoms with Crippen molar-refractivity contribution >= 4 is 32.2 Å². The number of nitrogens with zero attached hydrogens (tertiary/aromatic N) is 2. The first-order valence-corrected chi connectivity index (χ1v) is 10.6. The number of pyridine rings is 1. The minimum atomic E-state index is -3.78. The standard InChI is InChI=1S/C20H21N5O3S/c1-2-28-14-16-13-25(24-22-16)17-6-4-7-18(11-17)29(26,27)23-20-8-3-5-15-12-21-10-9-19(15)20/h3-13,22-24H,2,14H2,1H3. The maximum atomic E-state index is 13.0. The molecule has 8 nitrogen and oxygen atoms in total. The maximum Gasteiger partial charge on any atom is 0.261 e. The van der Waals surface area contributed by atoms with E-state index in [1.807, 2.05) is 25.3 Å². The molecule has 0 saturated heterocycles. The molecule has 0 aliphatic carbocycles. The van der Waals surface area contributed by atoms with Crippen LogP contribution in [0.25, 0.3) is 10.8 Å². The van der Waals surface area contributed by atoms with Crippen LogP contribution in [0.15, 0.2) is 77.7 Å². The largest absolute Gasteiger partial charge is 0.375 e. The highest BCUT2D eigenvalue weighted by Gasteiger charge is 2.19. The lowest BCUT2D eigenvalue weighted by Gasteiger charge is -2.17. The summed E-state index contributed by atoms with van der Waals surface area (Å²) in [6.45, 7) is 2.98. The third kappa shape index (κ3) is 4.16. The molecule has 0 fully saturated rings. The predicted octanol–water partition coefficient (Wildman–Crippen LogP) is 2.74. The summed E-state index contributed by atoms with van der Waals surface area (Å²) in [6, 6.07) is 13.9. The molecule has 4 rings (SSSR count). The number of aromatic nitrogens is 1. The highest BCUT2D eigenvalue weighted by Crippen LogP contribution is 2.26. The summed E-state index contributed by atoms with van der Waals surface area (Å²) in [5.41, 5.74) is 8.01. The number of anilines is 2. The summed E-state index contributed by atoms with van der Waals surface area (Å²) in [5.74, 6) is 0. The van der Waals surface area contributed by atoms with Crippen LogP contribution in [0.2, 0.25) is 0 Å². The van der Waals surface area contributed by atoms with Crippen LogP contribution in [0.3, 0.4) is 0 Å². The van der Waals surface area contributed by atoms with E-state index in [4.69, 9.17) is 4.74 Å². The molecule has 9 heteroatoms. The van der Waals surface area contributed by atoms with Gasteiger partial charge < -0.3 is 10.2 Å². The van der Waals surface area contributed by atoms with Crippen LogP contribution in [-0.2, 0) is 14.8 Å². The zero-order valence-electron chi connectivity index (χ0n) is 15.8. The van der Waals surface area contributed by atoms with Crippen LogP contribution in [0, 0.1) is 0 Å². The Labute approximate surface area is 169 Å². The van der Waals surface area contributed by atoms with Gasteiger partial charge in [-0.05, 0) is 37.3 Å². The van der Waals surface area contributed by atoms with Crippen molar-refractivity contribution in [3.05, 3.63) is 72.8 Å². The van der Waals surface area contributed by atoms with Crippen LogP contribution >= 0.6 is 0 Å². The van der Waals surface area contributed by atoms with Gasteiger partial charge >= 0.3 is 0 Å². The lowest BCUT2D eigenvalue weighted by molar-refractivity contribution is 0.166.